The van der Waals surface area contributed by atoms with Gasteiger partial charge in [0.1, 0.15) is 0 Å². The van der Waals surface area contributed by atoms with Crippen LogP contribution in [0.4, 0.5) is 0 Å². The van der Waals surface area contributed by atoms with Crippen LogP contribution < -0.4 is 10.6 Å². The largest absolute Gasteiger partial charge is 0.354 e. The van der Waals surface area contributed by atoms with E-state index in [1.54, 1.807) is 0 Å². The van der Waals surface area contributed by atoms with Gasteiger partial charge in [-0.25, -0.2) is 0 Å². The van der Waals surface area contributed by atoms with Crippen molar-refractivity contribution in [3.8, 4) is 0 Å². The maximum Gasteiger partial charge on any atom is 0.225 e. The van der Waals surface area contributed by atoms with Gasteiger partial charge in [-0.1, -0.05) is 20.8 Å². The number of carbonyl (C=O) groups is 1. The highest BCUT2D eigenvalue weighted by atomic mass is 127. The molecule has 0 aliphatic carbocycles. The van der Waals surface area contributed by atoms with Crippen molar-refractivity contribution in [1.82, 2.24) is 20.4 Å². The Balaban J connectivity index is 0.00000288. The summed E-state index contributed by atoms with van der Waals surface area (Å²) in [6.45, 7) is 11.8. The van der Waals surface area contributed by atoms with Gasteiger partial charge in [0.25, 0.3) is 0 Å². The van der Waals surface area contributed by atoms with Gasteiger partial charge in [0.05, 0.1) is 0 Å². The van der Waals surface area contributed by atoms with Crippen molar-refractivity contribution in [1.29, 1.82) is 0 Å². The minimum atomic E-state index is -0.334. The normalized spacial score (nSPS) is 22.4. The second kappa shape index (κ2) is 9.79. The maximum absolute atomic E-state index is 11.8. The Morgan fingerprint density at radius 3 is 2.33 bits per heavy atom. The van der Waals surface area contributed by atoms with E-state index in [-0.39, 0.29) is 35.3 Å². The third-order valence-electron chi connectivity index (χ3n) is 4.71. The van der Waals surface area contributed by atoms with E-state index in [0.29, 0.717) is 19.1 Å². The Morgan fingerprint density at radius 1 is 1.12 bits per heavy atom. The van der Waals surface area contributed by atoms with E-state index in [2.05, 4.69) is 25.4 Å². The van der Waals surface area contributed by atoms with E-state index < -0.39 is 0 Å². The Labute approximate surface area is 163 Å². The number of rotatable bonds is 4. The van der Waals surface area contributed by atoms with Gasteiger partial charge in [-0.2, -0.15) is 0 Å². The summed E-state index contributed by atoms with van der Waals surface area (Å²) in [5, 5.41) is 6.33. The van der Waals surface area contributed by atoms with Gasteiger partial charge in [-0.3, -0.25) is 14.7 Å². The second-order valence-electron chi connectivity index (χ2n) is 7.61. The Bertz CT molecular complexity index is 429. The second-order valence-corrected chi connectivity index (χ2v) is 7.61. The Kier molecular flexibility index (Phi) is 8.76. The molecule has 0 aromatic heterocycles. The Hall–Kier alpha value is -0.570. The van der Waals surface area contributed by atoms with Crippen LogP contribution in [0.25, 0.3) is 0 Å². The number of halogens is 1. The summed E-state index contributed by atoms with van der Waals surface area (Å²) in [4.78, 5) is 21.2. The van der Waals surface area contributed by atoms with Crippen molar-refractivity contribution in [3.63, 3.8) is 0 Å². The first kappa shape index (κ1) is 21.5. The first-order valence-corrected chi connectivity index (χ1v) is 8.90. The van der Waals surface area contributed by atoms with Gasteiger partial charge in [0, 0.05) is 44.7 Å². The first-order chi connectivity index (χ1) is 10.9. The summed E-state index contributed by atoms with van der Waals surface area (Å²) in [7, 11) is 1.83. The lowest BCUT2D eigenvalue weighted by molar-refractivity contribution is -0.128. The number of aliphatic imine (C=N–C) groups is 1. The van der Waals surface area contributed by atoms with Gasteiger partial charge < -0.3 is 15.5 Å². The molecule has 140 valence electrons. The molecule has 1 atom stereocenters. The molecule has 1 amide bonds. The minimum Gasteiger partial charge on any atom is -0.354 e. The number of amides is 1. The molecule has 2 N–H and O–H groups in total. The summed E-state index contributed by atoms with van der Waals surface area (Å²) < 4.78 is 0. The number of likely N-dealkylation sites (tertiary alicyclic amines) is 2. The summed E-state index contributed by atoms with van der Waals surface area (Å²) in [5.74, 6) is 1.04. The summed E-state index contributed by atoms with van der Waals surface area (Å²) in [6, 6.07) is 0.677. The van der Waals surface area contributed by atoms with Crippen LogP contribution >= 0.6 is 24.0 Å². The number of guanidine groups is 1. The number of carbonyl (C=O) groups excluding carboxylic acids is 1. The quantitative estimate of drug-likeness (QED) is 0.295. The van der Waals surface area contributed by atoms with E-state index in [1.807, 2.05) is 27.8 Å². The predicted molar refractivity (Wildman–Crippen MR) is 110 cm³/mol. The summed E-state index contributed by atoms with van der Waals surface area (Å²) in [6.07, 6.45) is 3.91. The molecule has 24 heavy (non-hydrogen) atoms. The van der Waals surface area contributed by atoms with Crippen LogP contribution in [0.2, 0.25) is 0 Å². The van der Waals surface area contributed by atoms with Crippen LogP contribution in [0, 0.1) is 5.41 Å². The lowest BCUT2D eigenvalue weighted by Gasteiger charge is -2.25. The molecule has 2 rings (SSSR count). The van der Waals surface area contributed by atoms with Gasteiger partial charge >= 0.3 is 0 Å². The first-order valence-electron chi connectivity index (χ1n) is 8.90. The molecule has 0 aromatic rings. The van der Waals surface area contributed by atoms with Crippen molar-refractivity contribution < 1.29 is 4.79 Å². The standard InChI is InChI=1S/C17H33N5O.HI/c1-17(2,3)15(23)19-8-9-20-16(18-4)22-12-7-14(13-22)21-10-5-6-11-21;/h14H,5-13H2,1-4H3,(H,18,20)(H,19,23);1H. The molecule has 0 aromatic carbocycles. The fraction of sp³-hybridized carbons (Fsp3) is 0.882. The zero-order chi connectivity index (χ0) is 16.9. The smallest absolute Gasteiger partial charge is 0.225 e. The number of hydrogen-bond acceptors (Lipinski definition) is 3. The molecule has 2 saturated heterocycles. The molecule has 0 bridgehead atoms. The van der Waals surface area contributed by atoms with Crippen LogP contribution in [0.5, 0.6) is 0 Å². The molecular formula is C17H34IN5O. The highest BCUT2D eigenvalue weighted by Gasteiger charge is 2.30. The van der Waals surface area contributed by atoms with Crippen molar-refractivity contribution >= 4 is 35.8 Å². The fourth-order valence-electron chi connectivity index (χ4n) is 3.29. The summed E-state index contributed by atoms with van der Waals surface area (Å²) in [5.41, 5.74) is -0.334. The van der Waals surface area contributed by atoms with Gasteiger partial charge in [-0.05, 0) is 32.4 Å². The zero-order valence-corrected chi connectivity index (χ0v) is 17.9. The van der Waals surface area contributed by atoms with Crippen LogP contribution in [-0.4, -0.2) is 74.0 Å². The minimum absolute atomic E-state index is 0. The number of nitrogens with zero attached hydrogens (tertiary/aromatic N) is 3. The monoisotopic (exact) mass is 451 g/mol. The van der Waals surface area contributed by atoms with Crippen molar-refractivity contribution in [2.75, 3.05) is 46.3 Å². The van der Waals surface area contributed by atoms with Crippen molar-refractivity contribution in [2.24, 2.45) is 10.4 Å². The third-order valence-corrected chi connectivity index (χ3v) is 4.71. The Morgan fingerprint density at radius 2 is 1.75 bits per heavy atom. The number of hydrogen-bond donors (Lipinski definition) is 2. The van der Waals surface area contributed by atoms with E-state index in [1.165, 1.54) is 32.4 Å². The number of nitrogens with one attached hydrogen (secondary N) is 2. The highest BCUT2D eigenvalue weighted by Crippen LogP contribution is 2.20. The van der Waals surface area contributed by atoms with Crippen LogP contribution in [0.3, 0.4) is 0 Å². The molecule has 2 aliphatic rings. The average Bonchev–Trinajstić information content (AvgIpc) is 3.16. The molecule has 2 aliphatic heterocycles. The van der Waals surface area contributed by atoms with E-state index in [4.69, 9.17) is 0 Å². The predicted octanol–water partition coefficient (Wildman–Crippen LogP) is 1.51. The molecule has 7 heteroatoms. The van der Waals surface area contributed by atoms with Crippen LogP contribution in [0.1, 0.15) is 40.0 Å². The maximum atomic E-state index is 11.8. The van der Waals surface area contributed by atoms with Crippen molar-refractivity contribution in [3.05, 3.63) is 0 Å². The van der Waals surface area contributed by atoms with E-state index in [9.17, 15) is 4.79 Å². The molecule has 6 nitrogen and oxygen atoms in total. The highest BCUT2D eigenvalue weighted by molar-refractivity contribution is 14.0. The van der Waals surface area contributed by atoms with Crippen molar-refractivity contribution in [2.45, 2.75) is 46.1 Å². The molecule has 1 unspecified atom stereocenters. The molecule has 0 radical (unpaired) electrons. The van der Waals surface area contributed by atoms with Gasteiger partial charge in [0.15, 0.2) is 5.96 Å². The van der Waals surface area contributed by atoms with E-state index in [0.717, 1.165) is 19.0 Å². The van der Waals surface area contributed by atoms with E-state index >= 15 is 0 Å². The topological polar surface area (TPSA) is 60.0 Å². The van der Waals surface area contributed by atoms with Crippen LogP contribution in [0.15, 0.2) is 4.99 Å². The van der Waals surface area contributed by atoms with Crippen LogP contribution in [-0.2, 0) is 4.79 Å². The zero-order valence-electron chi connectivity index (χ0n) is 15.6. The average molecular weight is 451 g/mol. The van der Waals surface area contributed by atoms with Gasteiger partial charge in [0.2, 0.25) is 5.91 Å². The summed E-state index contributed by atoms with van der Waals surface area (Å²) >= 11 is 0. The SMILES string of the molecule is CN=C(NCCNC(=O)C(C)(C)C)N1CCC(N2CCCC2)C1.I. The fourth-order valence-corrected chi connectivity index (χ4v) is 3.29. The molecular weight excluding hydrogens is 417 g/mol. The molecule has 0 saturated carbocycles. The lowest BCUT2D eigenvalue weighted by Crippen LogP contribution is -2.45. The third kappa shape index (κ3) is 6.06. The molecule has 2 fully saturated rings. The lowest BCUT2D eigenvalue weighted by atomic mass is 9.96. The molecule has 2 heterocycles. The molecule has 0 spiro atoms. The van der Waals surface area contributed by atoms with Gasteiger partial charge in [-0.15, -0.1) is 24.0 Å².